The van der Waals surface area contributed by atoms with E-state index in [1.165, 1.54) is 6.92 Å². The Bertz CT molecular complexity index is 965. The van der Waals surface area contributed by atoms with Crippen LogP contribution in [0.5, 0.6) is 0 Å². The smallest absolute Gasteiger partial charge is 0.269 e. The van der Waals surface area contributed by atoms with E-state index < -0.39 is 33.0 Å². The Balaban J connectivity index is 2.12. The lowest BCUT2D eigenvalue weighted by atomic mass is 10.0. The van der Waals surface area contributed by atoms with Crippen molar-refractivity contribution >= 4 is 34.4 Å². The summed E-state index contributed by atoms with van der Waals surface area (Å²) in [7, 11) is 0. The number of hydrogen-bond donors (Lipinski definition) is 0. The molecule has 0 saturated heterocycles. The van der Waals surface area contributed by atoms with Crippen LogP contribution >= 0.6 is 0 Å². The zero-order valence-corrected chi connectivity index (χ0v) is 13.4. The van der Waals surface area contributed by atoms with Crippen molar-refractivity contribution in [3.8, 4) is 0 Å². The summed E-state index contributed by atoms with van der Waals surface area (Å²) in [4.78, 5) is 46.5. The van der Waals surface area contributed by atoms with Crippen LogP contribution in [0, 0.1) is 20.2 Å². The average molecular weight is 353 g/mol. The number of nitro benzene ring substituents is 2. The molecule has 0 saturated carbocycles. The second-order valence-electron chi connectivity index (χ2n) is 5.53. The Morgan fingerprint density at radius 3 is 1.88 bits per heavy atom. The Morgan fingerprint density at radius 2 is 1.38 bits per heavy atom. The van der Waals surface area contributed by atoms with E-state index >= 15 is 0 Å². The molecule has 0 aliphatic carbocycles. The van der Waals surface area contributed by atoms with Crippen LogP contribution in [0.1, 0.15) is 12.5 Å². The Kier molecular flexibility index (Phi) is 4.05. The van der Waals surface area contributed by atoms with Crippen molar-refractivity contribution in [2.45, 2.75) is 6.92 Å². The van der Waals surface area contributed by atoms with E-state index in [4.69, 9.17) is 0 Å². The number of benzene rings is 2. The number of nitrogens with zero attached hydrogens (tertiary/aromatic N) is 3. The van der Waals surface area contributed by atoms with E-state index in [1.54, 1.807) is 30.3 Å². The summed E-state index contributed by atoms with van der Waals surface area (Å²) in [5.41, 5.74) is -0.543. The molecule has 2 aromatic carbocycles. The van der Waals surface area contributed by atoms with Gasteiger partial charge in [-0.05, 0) is 12.5 Å². The molecule has 1 aliphatic heterocycles. The van der Waals surface area contributed by atoms with E-state index in [1.807, 2.05) is 0 Å². The molecule has 0 spiro atoms. The molecular formula is C17H11N3O6. The largest absolute Gasteiger partial charge is 0.278 e. The standard InChI is InChI=1S/C17H11N3O6/c1-10-15(11-5-3-2-4-6-11)17(22)18(16(10)21)12-7-13(19(23)24)9-14(8-12)20(25)26/h2-9H,1H3. The molecule has 0 atom stereocenters. The third-order valence-corrected chi connectivity index (χ3v) is 3.95. The maximum Gasteiger partial charge on any atom is 0.278 e. The monoisotopic (exact) mass is 353 g/mol. The van der Waals surface area contributed by atoms with Gasteiger partial charge in [-0.3, -0.25) is 29.8 Å². The summed E-state index contributed by atoms with van der Waals surface area (Å²) >= 11 is 0. The summed E-state index contributed by atoms with van der Waals surface area (Å²) in [6.07, 6.45) is 0. The molecule has 9 heteroatoms. The summed E-state index contributed by atoms with van der Waals surface area (Å²) in [6, 6.07) is 11.2. The van der Waals surface area contributed by atoms with Crippen molar-refractivity contribution in [3.05, 3.63) is 79.9 Å². The van der Waals surface area contributed by atoms with Gasteiger partial charge in [0.1, 0.15) is 0 Å². The first kappa shape index (κ1) is 17.0. The molecule has 130 valence electrons. The van der Waals surface area contributed by atoms with Gasteiger partial charge < -0.3 is 0 Å². The molecule has 9 nitrogen and oxygen atoms in total. The van der Waals surface area contributed by atoms with Crippen molar-refractivity contribution in [2.75, 3.05) is 4.90 Å². The summed E-state index contributed by atoms with van der Waals surface area (Å²) in [5, 5.41) is 22.1. The minimum Gasteiger partial charge on any atom is -0.269 e. The molecule has 0 aromatic heterocycles. The molecular weight excluding hydrogens is 342 g/mol. The predicted octanol–water partition coefficient (Wildman–Crippen LogP) is 2.85. The first-order chi connectivity index (χ1) is 12.3. The lowest BCUT2D eigenvalue weighted by Crippen LogP contribution is -2.31. The molecule has 0 N–H and O–H groups in total. The summed E-state index contributed by atoms with van der Waals surface area (Å²) < 4.78 is 0. The molecule has 2 aromatic rings. The first-order valence-corrected chi connectivity index (χ1v) is 7.40. The second kappa shape index (κ2) is 6.20. The zero-order chi connectivity index (χ0) is 19.0. The topological polar surface area (TPSA) is 124 Å². The van der Waals surface area contributed by atoms with Gasteiger partial charge in [-0.15, -0.1) is 0 Å². The van der Waals surface area contributed by atoms with Gasteiger partial charge in [0.25, 0.3) is 23.2 Å². The minimum atomic E-state index is -0.820. The molecule has 1 heterocycles. The van der Waals surface area contributed by atoms with Gasteiger partial charge in [0.05, 0.1) is 27.2 Å². The van der Waals surface area contributed by atoms with Crippen LogP contribution in [0.3, 0.4) is 0 Å². The van der Waals surface area contributed by atoms with Crippen LogP contribution < -0.4 is 4.90 Å². The van der Waals surface area contributed by atoms with E-state index in [0.717, 1.165) is 23.1 Å². The number of carbonyl (C=O) groups is 2. The highest BCUT2D eigenvalue weighted by molar-refractivity contribution is 6.45. The predicted molar refractivity (Wildman–Crippen MR) is 91.3 cm³/mol. The van der Waals surface area contributed by atoms with E-state index in [2.05, 4.69) is 0 Å². The molecule has 0 bridgehead atoms. The fourth-order valence-electron chi connectivity index (χ4n) is 2.74. The molecule has 0 unspecified atom stereocenters. The molecule has 26 heavy (non-hydrogen) atoms. The van der Waals surface area contributed by atoms with Gasteiger partial charge in [0, 0.05) is 17.7 Å². The van der Waals surface area contributed by atoms with Crippen LogP contribution in [0.25, 0.3) is 5.57 Å². The Hall–Kier alpha value is -3.88. The lowest BCUT2D eigenvalue weighted by molar-refractivity contribution is -0.394. The fraction of sp³-hybridized carbons (Fsp3) is 0.0588. The molecule has 0 radical (unpaired) electrons. The number of amides is 2. The maximum absolute atomic E-state index is 12.8. The number of rotatable bonds is 4. The number of anilines is 1. The third-order valence-electron chi connectivity index (χ3n) is 3.95. The highest BCUT2D eigenvalue weighted by Crippen LogP contribution is 2.36. The van der Waals surface area contributed by atoms with Gasteiger partial charge >= 0.3 is 0 Å². The molecule has 3 rings (SSSR count). The second-order valence-corrected chi connectivity index (χ2v) is 5.53. The Morgan fingerprint density at radius 1 is 0.846 bits per heavy atom. The summed E-state index contributed by atoms with van der Waals surface area (Å²) in [6.45, 7) is 1.47. The van der Waals surface area contributed by atoms with E-state index in [-0.39, 0.29) is 16.8 Å². The molecule has 0 fully saturated rings. The van der Waals surface area contributed by atoms with Gasteiger partial charge in [-0.2, -0.15) is 0 Å². The summed E-state index contributed by atoms with van der Waals surface area (Å²) in [5.74, 6) is -1.36. The molecule has 2 amide bonds. The average Bonchev–Trinajstić information content (AvgIpc) is 2.84. The van der Waals surface area contributed by atoms with E-state index in [9.17, 15) is 29.8 Å². The van der Waals surface area contributed by atoms with Gasteiger partial charge in [-0.1, -0.05) is 30.3 Å². The third kappa shape index (κ3) is 2.71. The maximum atomic E-state index is 12.8. The minimum absolute atomic E-state index is 0.157. The van der Waals surface area contributed by atoms with E-state index in [0.29, 0.717) is 5.56 Å². The fourth-order valence-corrected chi connectivity index (χ4v) is 2.74. The number of hydrogen-bond acceptors (Lipinski definition) is 6. The number of non-ortho nitro benzene ring substituents is 2. The highest BCUT2D eigenvalue weighted by Gasteiger charge is 2.38. The van der Waals surface area contributed by atoms with Crippen LogP contribution in [0.15, 0.2) is 54.1 Å². The van der Waals surface area contributed by atoms with Gasteiger partial charge in [0.2, 0.25) is 0 Å². The van der Waals surface area contributed by atoms with Crippen molar-refractivity contribution in [1.29, 1.82) is 0 Å². The highest BCUT2D eigenvalue weighted by atomic mass is 16.6. The number of nitro groups is 2. The van der Waals surface area contributed by atoms with Crippen molar-refractivity contribution < 1.29 is 19.4 Å². The molecule has 1 aliphatic rings. The van der Waals surface area contributed by atoms with Gasteiger partial charge in [0.15, 0.2) is 0 Å². The number of carbonyl (C=O) groups excluding carboxylic acids is 2. The quantitative estimate of drug-likeness (QED) is 0.473. The SMILES string of the molecule is CC1=C(c2ccccc2)C(=O)N(c2cc([N+](=O)[O-])cc([N+](=O)[O-])c2)C1=O. The van der Waals surface area contributed by atoms with Gasteiger partial charge in [-0.25, -0.2) is 4.90 Å². The number of imide groups is 1. The van der Waals surface area contributed by atoms with Crippen molar-refractivity contribution in [1.82, 2.24) is 0 Å². The Labute approximate surface area is 146 Å². The van der Waals surface area contributed by atoms with Crippen LogP contribution in [0.4, 0.5) is 17.1 Å². The van der Waals surface area contributed by atoms with Crippen LogP contribution in [-0.4, -0.2) is 21.7 Å². The normalized spacial score (nSPS) is 14.1. The van der Waals surface area contributed by atoms with Crippen LogP contribution in [-0.2, 0) is 9.59 Å². The zero-order valence-electron chi connectivity index (χ0n) is 13.4. The van der Waals surface area contributed by atoms with Crippen molar-refractivity contribution in [2.24, 2.45) is 0 Å². The van der Waals surface area contributed by atoms with Crippen molar-refractivity contribution in [3.63, 3.8) is 0 Å². The lowest BCUT2D eigenvalue weighted by Gasteiger charge is -2.15. The first-order valence-electron chi connectivity index (χ1n) is 7.40. The van der Waals surface area contributed by atoms with Crippen LogP contribution in [0.2, 0.25) is 0 Å².